The van der Waals surface area contributed by atoms with Crippen LogP contribution in [-0.2, 0) is 62.5 Å². The lowest BCUT2D eigenvalue weighted by atomic mass is 9.81. The number of rotatable bonds is 27. The summed E-state index contributed by atoms with van der Waals surface area (Å²) in [5, 5.41) is 35.2. The van der Waals surface area contributed by atoms with Crippen LogP contribution in [0.5, 0.6) is 17.2 Å². The van der Waals surface area contributed by atoms with Crippen molar-refractivity contribution in [3.63, 3.8) is 0 Å². The highest BCUT2D eigenvalue weighted by Crippen LogP contribution is 2.42. The van der Waals surface area contributed by atoms with E-state index in [0.717, 1.165) is 5.56 Å². The summed E-state index contributed by atoms with van der Waals surface area (Å²) < 4.78 is 76.4. The summed E-state index contributed by atoms with van der Waals surface area (Å²) in [5.74, 6) is 0.499. The van der Waals surface area contributed by atoms with Crippen molar-refractivity contribution in [1.82, 2.24) is 0 Å². The van der Waals surface area contributed by atoms with Gasteiger partial charge in [-0.3, -0.25) is 0 Å². The first-order valence-corrected chi connectivity index (χ1v) is 25.9. The fourth-order valence-electron chi connectivity index (χ4n) is 10.4. The minimum Gasteiger partial charge on any atom is -0.497 e. The summed E-state index contributed by atoms with van der Waals surface area (Å²) in [6.45, 7) is 4.31. The predicted molar refractivity (Wildman–Crippen MR) is 284 cm³/mol. The minimum atomic E-state index is -1.57. The van der Waals surface area contributed by atoms with Crippen molar-refractivity contribution >= 4 is 0 Å². The molecule has 4 aliphatic rings. The fraction of sp³-hybridized carbons (Fsp3) is 0.640. The fourth-order valence-corrected chi connectivity index (χ4v) is 10.4. The molecule has 432 valence electrons. The molecule has 7 unspecified atom stereocenters. The molecule has 3 saturated heterocycles. The lowest BCUT2D eigenvalue weighted by molar-refractivity contribution is -0.302. The average molecular weight is 1130 g/mol. The van der Waals surface area contributed by atoms with E-state index in [1.54, 1.807) is 74.7 Å². The minimum absolute atomic E-state index is 0.0502. The molecule has 0 spiro atoms. The van der Waals surface area contributed by atoms with Crippen molar-refractivity contribution in [2.24, 2.45) is 48.4 Å². The van der Waals surface area contributed by atoms with Gasteiger partial charge < -0.3 is 61.9 Å². The number of hydrogen-bond acceptors (Lipinski definition) is 19. The Kier molecular flexibility index (Phi) is 22.9. The van der Waals surface area contributed by atoms with Crippen molar-refractivity contribution in [2.45, 2.75) is 145 Å². The van der Waals surface area contributed by atoms with Crippen molar-refractivity contribution in [1.29, 1.82) is 0 Å². The molecule has 3 heterocycles. The molecule has 4 fully saturated rings. The molecule has 3 aliphatic heterocycles. The smallest absolute Gasteiger partial charge is 0.187 e. The first-order chi connectivity index (χ1) is 39.4. The highest BCUT2D eigenvalue weighted by Gasteiger charge is 2.56. The van der Waals surface area contributed by atoms with E-state index in [-0.39, 0.29) is 45.2 Å². The van der Waals surface area contributed by atoms with Crippen LogP contribution in [0.25, 0.3) is 62.7 Å². The maximum atomic E-state index is 11.2. The molecule has 3 aromatic rings. The van der Waals surface area contributed by atoms with Crippen LogP contribution in [0.2, 0.25) is 0 Å². The molecule has 0 bridgehead atoms. The van der Waals surface area contributed by atoms with Crippen molar-refractivity contribution in [3.8, 4) is 17.2 Å². The van der Waals surface area contributed by atoms with E-state index in [0.29, 0.717) is 28.4 Å². The number of aliphatic hydroxyl groups is 1. The van der Waals surface area contributed by atoms with Gasteiger partial charge in [-0.25, -0.2) is 0 Å². The van der Waals surface area contributed by atoms with Gasteiger partial charge in [0.15, 0.2) is 18.9 Å². The predicted octanol–water partition coefficient (Wildman–Crippen LogP) is 9.74. The summed E-state index contributed by atoms with van der Waals surface area (Å²) >= 11 is 0. The van der Waals surface area contributed by atoms with Crippen LogP contribution < -0.4 is 14.2 Å². The Morgan fingerprint density at radius 1 is 0.444 bits per heavy atom. The molecular weight excluding hydrogens is 1060 g/mol. The molecule has 31 nitrogen and oxygen atoms in total. The standard InChI is InChI=1S/C50H64N18O13/c1-26-27(2)40(61-67-55)48(76-37(26)20-57-63-51)79-44-36(60-66-54)19-35(59-65-53)43(74-24-30-9-15-33(71-5)16-10-30)46(44)81-50-47(75-25-31-11-17-34(72-6)18-12-31)45(39(22-69)78-50)80-49-41(62-68-56)42(28(3)38(77-49)21-58-64-52)73-23-29-7-13-32(70-4)14-8-29/h7-18,26-28,35-50,69H,19-25H2,1-6H3/t26-,27-,28+,35+,36?,37?,38-,39+,40?,41?,42?,43?,44+,45-,46+,47?,48+,49+,50-/m0/s1. The Hall–Kier alpha value is -7.48. The Balaban J connectivity index is 1.32. The summed E-state index contributed by atoms with van der Waals surface area (Å²) in [6.07, 6.45) is -15.2. The van der Waals surface area contributed by atoms with Crippen LogP contribution in [-0.4, -0.2) is 144 Å². The summed E-state index contributed by atoms with van der Waals surface area (Å²) in [6, 6.07) is 16.6. The van der Waals surface area contributed by atoms with Gasteiger partial charge >= 0.3 is 0 Å². The zero-order valence-corrected chi connectivity index (χ0v) is 45.2. The van der Waals surface area contributed by atoms with E-state index in [1.165, 1.54) is 14.2 Å². The number of hydrogen-bond donors (Lipinski definition) is 1. The number of methoxy groups -OCH3 is 3. The van der Waals surface area contributed by atoms with Crippen LogP contribution in [0.4, 0.5) is 0 Å². The van der Waals surface area contributed by atoms with Gasteiger partial charge in [-0.1, -0.05) is 87.9 Å². The van der Waals surface area contributed by atoms with Crippen LogP contribution in [0.1, 0.15) is 43.9 Å². The lowest BCUT2D eigenvalue weighted by Gasteiger charge is -2.48. The van der Waals surface area contributed by atoms with Gasteiger partial charge in [-0.05, 0) is 105 Å². The third-order valence-corrected chi connectivity index (χ3v) is 15.0. The summed E-state index contributed by atoms with van der Waals surface area (Å²) in [4.78, 5) is 18.4. The highest BCUT2D eigenvalue weighted by molar-refractivity contribution is 5.28. The first-order valence-electron chi connectivity index (χ1n) is 25.9. The van der Waals surface area contributed by atoms with Crippen LogP contribution >= 0.6 is 0 Å². The second-order valence-corrected chi connectivity index (χ2v) is 19.6. The van der Waals surface area contributed by atoms with Crippen LogP contribution in [0.3, 0.4) is 0 Å². The van der Waals surface area contributed by atoms with Gasteiger partial charge in [-0.15, -0.1) is 0 Å². The zero-order valence-electron chi connectivity index (χ0n) is 45.2. The molecule has 3 aromatic carbocycles. The number of benzene rings is 3. The second kappa shape index (κ2) is 30.4. The molecular formula is C50H64N18O13. The summed E-state index contributed by atoms with van der Waals surface area (Å²) in [5.41, 5.74) is 60.9. The lowest BCUT2D eigenvalue weighted by Crippen LogP contribution is -2.62. The Labute approximate surface area is 464 Å². The SMILES string of the molecule is COc1ccc(COC2[C@H](O[C@@H]3C(OCc4ccc(OC)cc4)[C@H](N=[N+]=[N-])CC(N=[N+]=[N-])[C@H]3O[C@H]3OC(CN=[N+]=[N-])[C@@H](C)[C@H](C)C3N=[N+]=[N-])O[C@H](CO)[C@@H]2O[C@H]2O[C@@H](CN=[N+]=[N-])[C@@H](C)C(OCc3ccc(OC)cc3)C2N=[N+]=[N-])cc1. The third kappa shape index (κ3) is 15.3. The Bertz CT molecular complexity index is 2810. The molecule has 81 heavy (non-hydrogen) atoms. The normalized spacial score (nSPS) is 32.4. The van der Waals surface area contributed by atoms with Gasteiger partial charge in [0.1, 0.15) is 47.7 Å². The first kappa shape index (κ1) is 61.1. The molecule has 0 aromatic heterocycles. The van der Waals surface area contributed by atoms with Gasteiger partial charge in [0.05, 0.1) is 109 Å². The molecule has 1 aliphatic carbocycles. The van der Waals surface area contributed by atoms with Gasteiger partial charge in [0, 0.05) is 35.4 Å². The van der Waals surface area contributed by atoms with Crippen LogP contribution in [0.15, 0.2) is 103 Å². The van der Waals surface area contributed by atoms with Crippen molar-refractivity contribution in [3.05, 3.63) is 152 Å². The largest absolute Gasteiger partial charge is 0.497 e. The number of nitrogens with zero attached hydrogens (tertiary/aromatic N) is 18. The van der Waals surface area contributed by atoms with E-state index < -0.39 is 116 Å². The van der Waals surface area contributed by atoms with E-state index in [9.17, 15) is 38.3 Å². The molecule has 1 saturated carbocycles. The van der Waals surface area contributed by atoms with Crippen LogP contribution in [0, 0.1) is 17.8 Å². The molecule has 7 rings (SSSR count). The zero-order chi connectivity index (χ0) is 57.8. The van der Waals surface area contributed by atoms with E-state index in [1.807, 2.05) is 26.0 Å². The molecule has 0 radical (unpaired) electrons. The monoisotopic (exact) mass is 1120 g/mol. The topological polar surface area (TPSA) is 424 Å². The maximum Gasteiger partial charge on any atom is 0.187 e. The number of aliphatic hydroxyl groups excluding tert-OH is 1. The van der Waals surface area contributed by atoms with Gasteiger partial charge in [-0.2, -0.15) is 0 Å². The van der Waals surface area contributed by atoms with E-state index in [4.69, 9.17) is 56.8 Å². The average Bonchev–Trinajstić information content (AvgIpc) is 3.88. The van der Waals surface area contributed by atoms with E-state index in [2.05, 4.69) is 60.2 Å². The van der Waals surface area contributed by atoms with Crippen molar-refractivity contribution < 1.29 is 61.9 Å². The van der Waals surface area contributed by atoms with Gasteiger partial charge in [0.25, 0.3) is 0 Å². The quantitative estimate of drug-likeness (QED) is 0.0422. The summed E-state index contributed by atoms with van der Waals surface area (Å²) in [7, 11) is 4.60. The molecule has 1 N–H and O–H groups in total. The Morgan fingerprint density at radius 2 is 0.852 bits per heavy atom. The van der Waals surface area contributed by atoms with Crippen molar-refractivity contribution in [2.75, 3.05) is 41.0 Å². The molecule has 31 heteroatoms. The Morgan fingerprint density at radius 3 is 1.32 bits per heavy atom. The van der Waals surface area contributed by atoms with Gasteiger partial charge in [0.2, 0.25) is 0 Å². The number of ether oxygens (including phenoxy) is 12. The molecule has 0 amide bonds. The second-order valence-electron chi connectivity index (χ2n) is 19.6. The number of azide groups is 6. The third-order valence-electron chi connectivity index (χ3n) is 15.0. The highest BCUT2D eigenvalue weighted by atomic mass is 16.8. The maximum absolute atomic E-state index is 11.2. The molecule has 19 atom stereocenters. The van der Waals surface area contributed by atoms with E-state index >= 15 is 0 Å².